The summed E-state index contributed by atoms with van der Waals surface area (Å²) in [4.78, 5) is 52.1. The number of rotatable bonds is 4. The van der Waals surface area contributed by atoms with Gasteiger partial charge in [0.05, 0.1) is 0 Å². The van der Waals surface area contributed by atoms with E-state index in [0.29, 0.717) is 31.7 Å². The molecule has 2 rings (SSSR count). The maximum atomic E-state index is 12.0. The molecule has 0 spiro atoms. The first-order valence-corrected chi connectivity index (χ1v) is 7.28. The summed E-state index contributed by atoms with van der Waals surface area (Å²) in [5, 5.41) is 0. The Balaban J connectivity index is 1.81. The summed E-state index contributed by atoms with van der Waals surface area (Å²) in [6.45, 7) is 4.32. The van der Waals surface area contributed by atoms with Crippen molar-refractivity contribution >= 4 is 23.6 Å². The van der Waals surface area contributed by atoms with Crippen LogP contribution in [0, 0.1) is 0 Å². The lowest BCUT2D eigenvalue weighted by Gasteiger charge is -2.34. The van der Waals surface area contributed by atoms with Gasteiger partial charge in [0, 0.05) is 44.9 Å². The van der Waals surface area contributed by atoms with Crippen LogP contribution in [-0.2, 0) is 14.3 Å². The van der Waals surface area contributed by atoms with Crippen LogP contribution < -0.4 is 0 Å². The molecule has 1 aromatic heterocycles. The second kappa shape index (κ2) is 7.08. The fourth-order valence-corrected chi connectivity index (χ4v) is 2.28. The van der Waals surface area contributed by atoms with Crippen molar-refractivity contribution in [3.8, 4) is 0 Å². The minimum absolute atomic E-state index is 0.0171. The number of hydrogen-bond acceptors (Lipinski definition) is 5. The van der Waals surface area contributed by atoms with Crippen LogP contribution in [0.4, 0.5) is 0 Å². The van der Waals surface area contributed by atoms with Crippen LogP contribution in [0.3, 0.4) is 0 Å². The summed E-state index contributed by atoms with van der Waals surface area (Å²) < 4.78 is 4.96. The molecule has 0 saturated carbocycles. The Morgan fingerprint density at radius 3 is 2.22 bits per heavy atom. The average Bonchev–Trinajstić information content (AvgIpc) is 3.02. The number of aromatic amines is 1. The molecule has 0 radical (unpaired) electrons. The normalized spacial score (nSPS) is 14.5. The number of ether oxygens (including phenoxy) is 1. The first-order valence-electron chi connectivity index (χ1n) is 7.28. The molecule has 8 nitrogen and oxygen atoms in total. The fraction of sp³-hybridized carbons (Fsp3) is 0.467. The SMILES string of the molecule is CC(=O)c1c[nH]c(C(=O)OCC(=O)N2CCN(C(C)=O)CC2)c1. The second-order valence-electron chi connectivity index (χ2n) is 5.32. The third kappa shape index (κ3) is 4.18. The quantitative estimate of drug-likeness (QED) is 0.624. The lowest BCUT2D eigenvalue weighted by atomic mass is 10.2. The van der Waals surface area contributed by atoms with E-state index in [4.69, 9.17) is 4.74 Å². The van der Waals surface area contributed by atoms with Gasteiger partial charge >= 0.3 is 5.97 Å². The molecule has 1 saturated heterocycles. The van der Waals surface area contributed by atoms with Gasteiger partial charge < -0.3 is 19.5 Å². The van der Waals surface area contributed by atoms with Crippen molar-refractivity contribution in [2.75, 3.05) is 32.8 Å². The Kier molecular flexibility index (Phi) is 5.15. The zero-order valence-electron chi connectivity index (χ0n) is 13.1. The van der Waals surface area contributed by atoms with Crippen molar-refractivity contribution in [3.05, 3.63) is 23.5 Å². The van der Waals surface area contributed by atoms with Gasteiger partial charge in [-0.15, -0.1) is 0 Å². The number of piperazine rings is 1. The molecule has 0 unspecified atom stereocenters. The Hall–Kier alpha value is -2.64. The molecule has 124 valence electrons. The van der Waals surface area contributed by atoms with E-state index < -0.39 is 5.97 Å². The van der Waals surface area contributed by atoms with E-state index in [1.165, 1.54) is 26.1 Å². The molecule has 0 aromatic carbocycles. The number of nitrogens with zero attached hydrogens (tertiary/aromatic N) is 2. The fourth-order valence-electron chi connectivity index (χ4n) is 2.28. The number of H-pyrrole nitrogens is 1. The third-order valence-electron chi connectivity index (χ3n) is 3.71. The van der Waals surface area contributed by atoms with Gasteiger partial charge in [-0.1, -0.05) is 0 Å². The van der Waals surface area contributed by atoms with Crippen LogP contribution >= 0.6 is 0 Å². The molecule has 0 atom stereocenters. The van der Waals surface area contributed by atoms with Gasteiger partial charge in [-0.25, -0.2) is 4.79 Å². The van der Waals surface area contributed by atoms with E-state index in [1.807, 2.05) is 0 Å². The average molecular weight is 321 g/mol. The van der Waals surface area contributed by atoms with E-state index in [0.717, 1.165) is 0 Å². The minimum Gasteiger partial charge on any atom is -0.451 e. The van der Waals surface area contributed by atoms with E-state index >= 15 is 0 Å². The molecule has 23 heavy (non-hydrogen) atoms. The highest BCUT2D eigenvalue weighted by Crippen LogP contribution is 2.07. The Bertz CT molecular complexity index is 629. The number of amides is 2. The van der Waals surface area contributed by atoms with Gasteiger partial charge in [-0.3, -0.25) is 14.4 Å². The number of carbonyl (C=O) groups is 4. The molecule has 0 bridgehead atoms. The third-order valence-corrected chi connectivity index (χ3v) is 3.71. The molecule has 1 aromatic rings. The molecule has 2 heterocycles. The topological polar surface area (TPSA) is 99.8 Å². The van der Waals surface area contributed by atoms with Crippen LogP contribution in [0.1, 0.15) is 34.7 Å². The number of aromatic nitrogens is 1. The van der Waals surface area contributed by atoms with Crippen molar-refractivity contribution in [1.82, 2.24) is 14.8 Å². The highest BCUT2D eigenvalue weighted by molar-refractivity contribution is 5.97. The van der Waals surface area contributed by atoms with E-state index in [9.17, 15) is 19.2 Å². The number of nitrogens with one attached hydrogen (secondary N) is 1. The van der Waals surface area contributed by atoms with Crippen molar-refractivity contribution in [2.45, 2.75) is 13.8 Å². The summed E-state index contributed by atoms with van der Waals surface area (Å²) in [5.74, 6) is -1.18. The van der Waals surface area contributed by atoms with Crippen LogP contribution in [0.15, 0.2) is 12.3 Å². The maximum Gasteiger partial charge on any atom is 0.355 e. The van der Waals surface area contributed by atoms with Gasteiger partial charge in [0.15, 0.2) is 12.4 Å². The zero-order chi connectivity index (χ0) is 17.0. The largest absolute Gasteiger partial charge is 0.451 e. The first kappa shape index (κ1) is 16.7. The van der Waals surface area contributed by atoms with Gasteiger partial charge in [0.25, 0.3) is 5.91 Å². The standard InChI is InChI=1S/C15H19N3O5/c1-10(19)12-7-13(16-8-12)15(22)23-9-14(21)18-5-3-17(4-6-18)11(2)20/h7-8,16H,3-6,9H2,1-2H3. The predicted molar refractivity (Wildman–Crippen MR) is 79.9 cm³/mol. The van der Waals surface area contributed by atoms with Crippen LogP contribution in [0.5, 0.6) is 0 Å². The lowest BCUT2D eigenvalue weighted by Crippen LogP contribution is -2.51. The van der Waals surface area contributed by atoms with Crippen molar-refractivity contribution < 1.29 is 23.9 Å². The molecule has 1 fully saturated rings. The Morgan fingerprint density at radius 1 is 1.09 bits per heavy atom. The molecular formula is C15H19N3O5. The number of ketones is 1. The summed E-state index contributed by atoms with van der Waals surface area (Å²) in [7, 11) is 0. The van der Waals surface area contributed by atoms with Crippen LogP contribution in [-0.4, -0.2) is 71.1 Å². The number of hydrogen-bond donors (Lipinski definition) is 1. The summed E-state index contributed by atoms with van der Waals surface area (Å²) >= 11 is 0. The molecule has 0 aliphatic carbocycles. The summed E-state index contributed by atoms with van der Waals surface area (Å²) in [6, 6.07) is 1.39. The van der Waals surface area contributed by atoms with Crippen molar-refractivity contribution in [3.63, 3.8) is 0 Å². The molecule has 1 aliphatic rings. The van der Waals surface area contributed by atoms with Gasteiger partial charge in [0.1, 0.15) is 5.69 Å². The Labute approximate surface area is 133 Å². The molecule has 1 N–H and O–H groups in total. The molecule has 1 aliphatic heterocycles. The van der Waals surface area contributed by atoms with Gasteiger partial charge in [-0.05, 0) is 13.0 Å². The highest BCUT2D eigenvalue weighted by atomic mass is 16.5. The monoisotopic (exact) mass is 321 g/mol. The van der Waals surface area contributed by atoms with E-state index in [2.05, 4.69) is 4.98 Å². The predicted octanol–water partition coefficient (Wildman–Crippen LogP) is 0.0648. The molecule has 2 amide bonds. The van der Waals surface area contributed by atoms with Gasteiger partial charge in [-0.2, -0.15) is 0 Å². The van der Waals surface area contributed by atoms with E-state index in [1.54, 1.807) is 9.80 Å². The first-order chi connectivity index (χ1) is 10.9. The van der Waals surface area contributed by atoms with E-state index in [-0.39, 0.29) is 29.9 Å². The minimum atomic E-state index is -0.687. The van der Waals surface area contributed by atoms with Gasteiger partial charge in [0.2, 0.25) is 5.91 Å². The molecule has 8 heteroatoms. The zero-order valence-corrected chi connectivity index (χ0v) is 13.1. The number of carbonyl (C=O) groups excluding carboxylic acids is 4. The smallest absolute Gasteiger partial charge is 0.355 e. The Morgan fingerprint density at radius 2 is 1.70 bits per heavy atom. The van der Waals surface area contributed by atoms with Crippen molar-refractivity contribution in [2.24, 2.45) is 0 Å². The van der Waals surface area contributed by atoms with Crippen LogP contribution in [0.2, 0.25) is 0 Å². The summed E-state index contributed by atoms with van der Waals surface area (Å²) in [6.07, 6.45) is 1.42. The molecular weight excluding hydrogens is 302 g/mol. The number of Topliss-reactive ketones (excluding diaryl/α,β-unsaturated/α-hetero) is 1. The number of esters is 1. The second-order valence-corrected chi connectivity index (χ2v) is 5.32. The van der Waals surface area contributed by atoms with Crippen LogP contribution in [0.25, 0.3) is 0 Å². The lowest BCUT2D eigenvalue weighted by molar-refractivity contribution is -0.140. The maximum absolute atomic E-state index is 12.0. The highest BCUT2D eigenvalue weighted by Gasteiger charge is 2.23. The van der Waals surface area contributed by atoms with Crippen molar-refractivity contribution in [1.29, 1.82) is 0 Å². The summed E-state index contributed by atoms with van der Waals surface area (Å²) in [5.41, 5.74) is 0.507.